The van der Waals surface area contributed by atoms with Crippen LogP contribution in [0.3, 0.4) is 0 Å². The van der Waals surface area contributed by atoms with Gasteiger partial charge in [-0.05, 0) is 24.6 Å². The number of amides is 2. The molecule has 1 aromatic rings. The van der Waals surface area contributed by atoms with Gasteiger partial charge in [0.2, 0.25) is 0 Å². The van der Waals surface area contributed by atoms with Crippen molar-refractivity contribution < 1.29 is 14.7 Å². The highest BCUT2D eigenvalue weighted by molar-refractivity contribution is 6.36. The zero-order chi connectivity index (χ0) is 14.6. The fourth-order valence-electron chi connectivity index (χ4n) is 1.30. The van der Waals surface area contributed by atoms with Gasteiger partial charge in [0, 0.05) is 29.3 Å². The fourth-order valence-corrected chi connectivity index (χ4v) is 1.79. The maximum atomic E-state index is 11.8. The van der Waals surface area contributed by atoms with Gasteiger partial charge in [0.25, 0.3) is 0 Å². The maximum Gasteiger partial charge on any atom is 0.321 e. The number of hydrogen-bond donors (Lipinski definition) is 2. The molecule has 0 aromatic heterocycles. The van der Waals surface area contributed by atoms with Gasteiger partial charge in [-0.25, -0.2) is 4.79 Å². The van der Waals surface area contributed by atoms with E-state index in [0.717, 1.165) is 5.56 Å². The average Bonchev–Trinajstić information content (AvgIpc) is 2.32. The first-order valence-corrected chi connectivity index (χ1v) is 6.26. The van der Waals surface area contributed by atoms with E-state index in [0.29, 0.717) is 15.7 Å². The van der Waals surface area contributed by atoms with E-state index in [9.17, 15) is 9.59 Å². The standard InChI is InChI=1S/C12H14Cl2N2O3/c1-7-9(13)5-8(6-10(7)14)15-12(19)16(2)4-3-11(17)18/h5-6H,3-4H2,1-2H3,(H,15,19)(H,17,18). The summed E-state index contributed by atoms with van der Waals surface area (Å²) < 4.78 is 0. The zero-order valence-corrected chi connectivity index (χ0v) is 12.0. The van der Waals surface area contributed by atoms with Crippen molar-refractivity contribution in [2.45, 2.75) is 13.3 Å². The van der Waals surface area contributed by atoms with E-state index in [1.807, 2.05) is 0 Å². The second-order valence-corrected chi connectivity index (χ2v) is 4.87. The van der Waals surface area contributed by atoms with Gasteiger partial charge in [-0.15, -0.1) is 0 Å². The monoisotopic (exact) mass is 304 g/mol. The minimum Gasteiger partial charge on any atom is -0.481 e. The van der Waals surface area contributed by atoms with Gasteiger partial charge in [-0.1, -0.05) is 23.2 Å². The van der Waals surface area contributed by atoms with E-state index in [1.54, 1.807) is 19.1 Å². The van der Waals surface area contributed by atoms with E-state index in [4.69, 9.17) is 28.3 Å². The Bertz CT molecular complexity index is 483. The molecule has 0 atom stereocenters. The van der Waals surface area contributed by atoms with Crippen LogP contribution in [0.15, 0.2) is 12.1 Å². The molecule has 1 aromatic carbocycles. The molecule has 19 heavy (non-hydrogen) atoms. The SMILES string of the molecule is Cc1c(Cl)cc(NC(=O)N(C)CCC(=O)O)cc1Cl. The number of halogens is 2. The molecule has 0 aliphatic carbocycles. The molecule has 7 heteroatoms. The molecule has 0 aliphatic heterocycles. The molecule has 0 spiro atoms. The minimum atomic E-state index is -0.957. The Morgan fingerprint density at radius 2 is 1.84 bits per heavy atom. The predicted molar refractivity (Wildman–Crippen MR) is 75.1 cm³/mol. The third-order valence-corrected chi connectivity index (χ3v) is 3.33. The van der Waals surface area contributed by atoms with Crippen molar-refractivity contribution in [2.75, 3.05) is 18.9 Å². The van der Waals surface area contributed by atoms with Crippen molar-refractivity contribution in [2.24, 2.45) is 0 Å². The summed E-state index contributed by atoms with van der Waals surface area (Å²) in [5.74, 6) is -0.957. The van der Waals surface area contributed by atoms with Gasteiger partial charge in [0.05, 0.1) is 6.42 Å². The highest BCUT2D eigenvalue weighted by atomic mass is 35.5. The number of nitrogens with zero attached hydrogens (tertiary/aromatic N) is 1. The summed E-state index contributed by atoms with van der Waals surface area (Å²) in [6.45, 7) is 1.89. The summed E-state index contributed by atoms with van der Waals surface area (Å²) in [5.41, 5.74) is 1.20. The van der Waals surface area contributed by atoms with Crippen LogP contribution in [0.25, 0.3) is 0 Å². The summed E-state index contributed by atoms with van der Waals surface area (Å²) in [6.07, 6.45) is -0.112. The van der Waals surface area contributed by atoms with Crippen LogP contribution in [0.4, 0.5) is 10.5 Å². The van der Waals surface area contributed by atoms with Gasteiger partial charge in [-0.3, -0.25) is 4.79 Å². The maximum absolute atomic E-state index is 11.8. The lowest BCUT2D eigenvalue weighted by Crippen LogP contribution is -2.33. The first-order chi connectivity index (χ1) is 8.81. The number of carbonyl (C=O) groups is 2. The first kappa shape index (κ1) is 15.6. The minimum absolute atomic E-state index is 0.112. The normalized spacial score (nSPS) is 10.1. The molecule has 5 nitrogen and oxygen atoms in total. The molecule has 1 rings (SSSR count). The number of benzene rings is 1. The molecule has 0 heterocycles. The van der Waals surface area contributed by atoms with Crippen molar-refractivity contribution in [3.05, 3.63) is 27.7 Å². The zero-order valence-electron chi connectivity index (χ0n) is 10.5. The molecule has 0 aliphatic rings. The molecule has 104 valence electrons. The van der Waals surface area contributed by atoms with Gasteiger partial charge in [-0.2, -0.15) is 0 Å². The number of rotatable bonds is 4. The summed E-state index contributed by atoms with van der Waals surface area (Å²) in [4.78, 5) is 23.5. The summed E-state index contributed by atoms with van der Waals surface area (Å²) in [7, 11) is 1.51. The fraction of sp³-hybridized carbons (Fsp3) is 0.333. The molecular weight excluding hydrogens is 291 g/mol. The summed E-state index contributed by atoms with van der Waals surface area (Å²) in [6, 6.07) is 2.76. The Morgan fingerprint density at radius 1 is 1.32 bits per heavy atom. The van der Waals surface area contributed by atoms with Crippen molar-refractivity contribution in [1.82, 2.24) is 4.90 Å². The van der Waals surface area contributed by atoms with E-state index < -0.39 is 12.0 Å². The highest BCUT2D eigenvalue weighted by Crippen LogP contribution is 2.28. The number of nitrogens with one attached hydrogen (secondary N) is 1. The smallest absolute Gasteiger partial charge is 0.321 e. The van der Waals surface area contributed by atoms with Crippen LogP contribution >= 0.6 is 23.2 Å². The molecule has 0 saturated carbocycles. The topological polar surface area (TPSA) is 69.6 Å². The predicted octanol–water partition coefficient (Wildman–Crippen LogP) is 3.24. The molecule has 0 unspecified atom stereocenters. The Balaban J connectivity index is 2.69. The largest absolute Gasteiger partial charge is 0.481 e. The third kappa shape index (κ3) is 4.61. The van der Waals surface area contributed by atoms with E-state index in [1.165, 1.54) is 11.9 Å². The number of carboxylic acid groups (broad SMARTS) is 1. The number of urea groups is 1. The van der Waals surface area contributed by atoms with Crippen LogP contribution in [0.1, 0.15) is 12.0 Å². The van der Waals surface area contributed by atoms with Crippen LogP contribution in [0, 0.1) is 6.92 Å². The van der Waals surface area contributed by atoms with Gasteiger partial charge in [0.1, 0.15) is 0 Å². The lowest BCUT2D eigenvalue weighted by molar-refractivity contribution is -0.137. The van der Waals surface area contributed by atoms with E-state index in [-0.39, 0.29) is 13.0 Å². The quantitative estimate of drug-likeness (QED) is 0.897. The van der Waals surface area contributed by atoms with Crippen molar-refractivity contribution in [3.63, 3.8) is 0 Å². The number of carboxylic acids is 1. The second-order valence-electron chi connectivity index (χ2n) is 4.06. The second kappa shape index (κ2) is 6.63. The average molecular weight is 305 g/mol. The first-order valence-electron chi connectivity index (χ1n) is 5.51. The Kier molecular flexibility index (Phi) is 5.44. The molecule has 2 N–H and O–H groups in total. The Hall–Kier alpha value is -1.46. The Labute approximate surface area is 121 Å². The van der Waals surface area contributed by atoms with Crippen molar-refractivity contribution >= 4 is 40.9 Å². The van der Waals surface area contributed by atoms with Crippen LogP contribution in [-0.2, 0) is 4.79 Å². The van der Waals surface area contributed by atoms with Crippen molar-refractivity contribution in [1.29, 1.82) is 0 Å². The van der Waals surface area contributed by atoms with Crippen LogP contribution in [-0.4, -0.2) is 35.6 Å². The van der Waals surface area contributed by atoms with Crippen LogP contribution in [0.5, 0.6) is 0 Å². The number of hydrogen-bond acceptors (Lipinski definition) is 2. The van der Waals surface area contributed by atoms with E-state index >= 15 is 0 Å². The number of aliphatic carboxylic acids is 1. The number of anilines is 1. The molecular formula is C12H14Cl2N2O3. The summed E-state index contributed by atoms with van der Waals surface area (Å²) >= 11 is 11.9. The van der Waals surface area contributed by atoms with E-state index in [2.05, 4.69) is 5.32 Å². The lowest BCUT2D eigenvalue weighted by Gasteiger charge is -2.17. The van der Waals surface area contributed by atoms with Crippen LogP contribution < -0.4 is 5.32 Å². The molecule has 0 bridgehead atoms. The molecule has 0 radical (unpaired) electrons. The van der Waals surface area contributed by atoms with Gasteiger partial charge in [0.15, 0.2) is 0 Å². The highest BCUT2D eigenvalue weighted by Gasteiger charge is 2.12. The molecule has 0 saturated heterocycles. The summed E-state index contributed by atoms with van der Waals surface area (Å²) in [5, 5.41) is 12.1. The molecule has 0 fully saturated rings. The van der Waals surface area contributed by atoms with Gasteiger partial charge < -0.3 is 15.3 Å². The Morgan fingerprint density at radius 3 is 2.32 bits per heavy atom. The third-order valence-electron chi connectivity index (χ3n) is 2.54. The number of carbonyl (C=O) groups excluding carboxylic acids is 1. The van der Waals surface area contributed by atoms with Gasteiger partial charge >= 0.3 is 12.0 Å². The van der Waals surface area contributed by atoms with Crippen LogP contribution in [0.2, 0.25) is 10.0 Å². The molecule has 2 amide bonds. The lowest BCUT2D eigenvalue weighted by atomic mass is 10.2. The van der Waals surface area contributed by atoms with Crippen molar-refractivity contribution in [3.8, 4) is 0 Å².